The second-order valence-corrected chi connectivity index (χ2v) is 9.01. The molecule has 2 aromatic rings. The van der Waals surface area contributed by atoms with Gasteiger partial charge in [0.05, 0.1) is 18.9 Å². The molecule has 0 spiro atoms. The topological polar surface area (TPSA) is 53.1 Å². The average Bonchev–Trinajstić information content (AvgIpc) is 2.83. The van der Waals surface area contributed by atoms with Gasteiger partial charge in [0.25, 0.3) is 0 Å². The van der Waals surface area contributed by atoms with Crippen LogP contribution in [0.25, 0.3) is 0 Å². The molecule has 2 aliphatic heterocycles. The summed E-state index contributed by atoms with van der Waals surface area (Å²) in [7, 11) is 1.80. The number of carbonyl (C=O) groups excluding carboxylic acids is 2. The van der Waals surface area contributed by atoms with Crippen LogP contribution < -0.4 is 9.80 Å². The summed E-state index contributed by atoms with van der Waals surface area (Å²) < 4.78 is 5.41. The molecule has 4 rings (SSSR count). The number of anilines is 2. The van der Waals surface area contributed by atoms with Gasteiger partial charge < -0.3 is 19.4 Å². The number of fused-ring (bicyclic) bond motifs is 1. The first-order chi connectivity index (χ1) is 15.1. The first-order valence-corrected chi connectivity index (χ1v) is 11.8. The Morgan fingerprint density at radius 2 is 1.74 bits per heavy atom. The average molecular weight is 440 g/mol. The fourth-order valence-electron chi connectivity index (χ4n) is 3.96. The van der Waals surface area contributed by atoms with Crippen LogP contribution >= 0.6 is 11.8 Å². The van der Waals surface area contributed by atoms with Crippen LogP contribution in [-0.2, 0) is 20.9 Å². The van der Waals surface area contributed by atoms with Crippen molar-refractivity contribution >= 4 is 35.0 Å². The summed E-state index contributed by atoms with van der Waals surface area (Å²) in [5.41, 5.74) is 3.23. The van der Waals surface area contributed by atoms with Gasteiger partial charge in [-0.2, -0.15) is 0 Å². The molecule has 0 aromatic heterocycles. The van der Waals surface area contributed by atoms with Gasteiger partial charge in [-0.25, -0.2) is 0 Å². The van der Waals surface area contributed by atoms with Gasteiger partial charge in [0.15, 0.2) is 0 Å². The number of hydrogen-bond acceptors (Lipinski definition) is 5. The minimum Gasteiger partial charge on any atom is -0.378 e. The molecule has 1 fully saturated rings. The lowest BCUT2D eigenvalue weighted by molar-refractivity contribution is -0.132. The predicted octanol–water partition coefficient (Wildman–Crippen LogP) is 3.40. The molecule has 0 bridgehead atoms. The Morgan fingerprint density at radius 1 is 1.00 bits per heavy atom. The van der Waals surface area contributed by atoms with E-state index in [1.807, 2.05) is 29.2 Å². The highest BCUT2D eigenvalue weighted by atomic mass is 32.2. The predicted molar refractivity (Wildman–Crippen MR) is 125 cm³/mol. The lowest BCUT2D eigenvalue weighted by Crippen LogP contribution is -2.36. The van der Waals surface area contributed by atoms with E-state index < -0.39 is 0 Å². The van der Waals surface area contributed by atoms with Crippen LogP contribution in [0.4, 0.5) is 11.4 Å². The normalized spacial score (nSPS) is 16.0. The lowest BCUT2D eigenvalue weighted by atomic mass is 10.1. The smallest absolute Gasteiger partial charge is 0.227 e. The summed E-state index contributed by atoms with van der Waals surface area (Å²) in [6, 6.07) is 16.3. The maximum Gasteiger partial charge on any atom is 0.227 e. The molecule has 2 aliphatic rings. The molecule has 0 N–H and O–H groups in total. The minimum atomic E-state index is -0.00900. The van der Waals surface area contributed by atoms with E-state index in [4.69, 9.17) is 4.74 Å². The zero-order chi connectivity index (χ0) is 21.6. The van der Waals surface area contributed by atoms with Crippen molar-refractivity contribution in [1.82, 2.24) is 4.90 Å². The molecule has 0 unspecified atom stereocenters. The zero-order valence-corrected chi connectivity index (χ0v) is 18.8. The number of benzene rings is 2. The van der Waals surface area contributed by atoms with E-state index >= 15 is 0 Å². The summed E-state index contributed by atoms with van der Waals surface area (Å²) >= 11 is 1.77. The third-order valence-corrected chi connectivity index (χ3v) is 6.78. The maximum atomic E-state index is 12.8. The van der Waals surface area contributed by atoms with E-state index in [0.717, 1.165) is 48.2 Å². The first-order valence-electron chi connectivity index (χ1n) is 10.8. The molecule has 0 radical (unpaired) electrons. The standard InChI is InChI=1S/C24H29N3O3S/c1-25(18-19-6-8-20(9-7-19)26-12-15-30-16-13-26)23(28)10-11-24(29)27-14-17-31-22-5-3-2-4-21(22)27/h2-9H,10-18H2,1H3. The third kappa shape index (κ3) is 5.40. The monoisotopic (exact) mass is 439 g/mol. The molecule has 2 aromatic carbocycles. The Labute approximate surface area is 188 Å². The number of hydrogen-bond donors (Lipinski definition) is 0. The number of nitrogens with zero attached hydrogens (tertiary/aromatic N) is 3. The molecular weight excluding hydrogens is 410 g/mol. The molecule has 0 saturated carbocycles. The van der Waals surface area contributed by atoms with Gasteiger partial charge in [0.1, 0.15) is 0 Å². The third-order valence-electron chi connectivity index (χ3n) is 5.74. The van der Waals surface area contributed by atoms with Crippen molar-refractivity contribution in [2.45, 2.75) is 24.3 Å². The van der Waals surface area contributed by atoms with Crippen molar-refractivity contribution < 1.29 is 14.3 Å². The van der Waals surface area contributed by atoms with Crippen LogP contribution in [0, 0.1) is 0 Å². The number of rotatable bonds is 6. The van der Waals surface area contributed by atoms with Crippen molar-refractivity contribution in [3.8, 4) is 0 Å². The van der Waals surface area contributed by atoms with Gasteiger partial charge >= 0.3 is 0 Å². The van der Waals surface area contributed by atoms with Crippen molar-refractivity contribution in [2.75, 3.05) is 55.4 Å². The van der Waals surface area contributed by atoms with Crippen LogP contribution in [0.1, 0.15) is 18.4 Å². The number of morpholine rings is 1. The molecular formula is C24H29N3O3S. The van der Waals surface area contributed by atoms with Crippen LogP contribution in [0.15, 0.2) is 53.4 Å². The summed E-state index contributed by atoms with van der Waals surface area (Å²) in [5.74, 6) is 0.895. The molecule has 164 valence electrons. The van der Waals surface area contributed by atoms with Crippen molar-refractivity contribution in [1.29, 1.82) is 0 Å². The lowest BCUT2D eigenvalue weighted by Gasteiger charge is -2.29. The fraction of sp³-hybridized carbons (Fsp3) is 0.417. The van der Waals surface area contributed by atoms with Crippen LogP contribution in [0.3, 0.4) is 0 Å². The Hall–Kier alpha value is -2.51. The Bertz CT molecular complexity index is 913. The minimum absolute atomic E-state index is 0.00900. The molecule has 1 saturated heterocycles. The highest BCUT2D eigenvalue weighted by molar-refractivity contribution is 7.99. The van der Waals surface area contributed by atoms with Crippen molar-refractivity contribution in [3.05, 3.63) is 54.1 Å². The molecule has 31 heavy (non-hydrogen) atoms. The molecule has 2 heterocycles. The van der Waals surface area contributed by atoms with Gasteiger partial charge in [-0.15, -0.1) is 11.8 Å². The summed E-state index contributed by atoms with van der Waals surface area (Å²) in [6.07, 6.45) is 0.463. The van der Waals surface area contributed by atoms with Crippen LogP contribution in [0.5, 0.6) is 0 Å². The van der Waals surface area contributed by atoms with Crippen LogP contribution in [0.2, 0.25) is 0 Å². The second kappa shape index (κ2) is 10.2. The summed E-state index contributed by atoms with van der Waals surface area (Å²) in [6.45, 7) is 4.58. The van der Waals surface area contributed by atoms with Gasteiger partial charge in [-0.3, -0.25) is 9.59 Å². The van der Waals surface area contributed by atoms with E-state index in [1.165, 1.54) is 5.69 Å². The van der Waals surface area contributed by atoms with Crippen LogP contribution in [-0.4, -0.2) is 62.4 Å². The Balaban J connectivity index is 1.27. The number of para-hydroxylation sites is 1. The van der Waals surface area contributed by atoms with E-state index in [2.05, 4.69) is 29.2 Å². The summed E-state index contributed by atoms with van der Waals surface area (Å²) in [4.78, 5) is 32.4. The Kier molecular flexibility index (Phi) is 7.14. The van der Waals surface area contributed by atoms with E-state index in [1.54, 1.807) is 23.7 Å². The maximum absolute atomic E-state index is 12.8. The largest absolute Gasteiger partial charge is 0.378 e. The van der Waals surface area contributed by atoms with Crippen molar-refractivity contribution in [2.24, 2.45) is 0 Å². The fourth-order valence-corrected chi connectivity index (χ4v) is 4.96. The second-order valence-electron chi connectivity index (χ2n) is 7.88. The molecule has 0 atom stereocenters. The van der Waals surface area contributed by atoms with Crippen molar-refractivity contribution in [3.63, 3.8) is 0 Å². The SMILES string of the molecule is CN(Cc1ccc(N2CCOCC2)cc1)C(=O)CCC(=O)N1CCSc2ccccc21. The molecule has 6 nitrogen and oxygen atoms in total. The van der Waals surface area contributed by atoms with E-state index in [9.17, 15) is 9.59 Å². The van der Waals surface area contributed by atoms with E-state index in [-0.39, 0.29) is 24.7 Å². The molecule has 7 heteroatoms. The highest BCUT2D eigenvalue weighted by Gasteiger charge is 2.23. The zero-order valence-electron chi connectivity index (χ0n) is 18.0. The number of carbonyl (C=O) groups is 2. The van der Waals surface area contributed by atoms with Gasteiger partial charge in [-0.1, -0.05) is 24.3 Å². The summed E-state index contributed by atoms with van der Waals surface area (Å²) in [5, 5.41) is 0. The van der Waals surface area contributed by atoms with Gasteiger partial charge in [0, 0.05) is 62.4 Å². The molecule has 0 aliphatic carbocycles. The van der Waals surface area contributed by atoms with Gasteiger partial charge in [0.2, 0.25) is 11.8 Å². The van der Waals surface area contributed by atoms with Gasteiger partial charge in [-0.05, 0) is 29.8 Å². The first kappa shape index (κ1) is 21.7. The quantitative estimate of drug-likeness (QED) is 0.691. The number of ether oxygens (including phenoxy) is 1. The van der Waals surface area contributed by atoms with E-state index in [0.29, 0.717) is 13.1 Å². The molecule has 2 amide bonds. The number of amides is 2. The number of thioether (sulfide) groups is 1. The highest BCUT2D eigenvalue weighted by Crippen LogP contribution is 2.34. The Morgan fingerprint density at radius 3 is 2.52 bits per heavy atom.